The Morgan fingerprint density at radius 1 is 1.17 bits per heavy atom. The largest absolute Gasteiger partial charge is 0.344 e. The summed E-state index contributed by atoms with van der Waals surface area (Å²) < 4.78 is 0. The molecule has 2 amide bonds. The summed E-state index contributed by atoms with van der Waals surface area (Å²) in [6.45, 7) is 4.07. The Morgan fingerprint density at radius 3 is 2.58 bits per heavy atom. The topological polar surface area (TPSA) is 58.2 Å². The van der Waals surface area contributed by atoms with Gasteiger partial charge in [-0.05, 0) is 61.3 Å². The second-order valence-electron chi connectivity index (χ2n) is 7.33. The molecule has 0 aliphatic heterocycles. The lowest BCUT2D eigenvalue weighted by Gasteiger charge is -2.29. The quantitative estimate of drug-likeness (QED) is 0.840. The molecule has 2 aliphatic rings. The predicted octanol–water partition coefficient (Wildman–Crippen LogP) is 3.44. The third-order valence-corrected chi connectivity index (χ3v) is 5.64. The zero-order valence-electron chi connectivity index (χ0n) is 14.7. The van der Waals surface area contributed by atoms with Gasteiger partial charge in [-0.25, -0.2) is 0 Å². The summed E-state index contributed by atoms with van der Waals surface area (Å²) in [6.07, 6.45) is 7.29. The molecule has 130 valence electrons. The van der Waals surface area contributed by atoms with Gasteiger partial charge in [0.2, 0.25) is 11.8 Å². The highest BCUT2D eigenvalue weighted by molar-refractivity contribution is 5.97. The molecule has 24 heavy (non-hydrogen) atoms. The van der Waals surface area contributed by atoms with E-state index in [0.29, 0.717) is 0 Å². The van der Waals surface area contributed by atoms with Gasteiger partial charge < -0.3 is 10.6 Å². The molecule has 0 bridgehead atoms. The molecule has 2 unspecified atom stereocenters. The molecule has 1 aromatic rings. The fourth-order valence-corrected chi connectivity index (χ4v) is 3.51. The average molecular weight is 328 g/mol. The van der Waals surface area contributed by atoms with Crippen LogP contribution >= 0.6 is 0 Å². The Morgan fingerprint density at radius 2 is 1.92 bits per heavy atom. The lowest BCUT2D eigenvalue weighted by Crippen LogP contribution is -2.50. The molecule has 3 rings (SSSR count). The van der Waals surface area contributed by atoms with E-state index in [9.17, 15) is 9.59 Å². The van der Waals surface area contributed by atoms with Crippen LogP contribution < -0.4 is 10.6 Å². The van der Waals surface area contributed by atoms with Gasteiger partial charge in [0.15, 0.2) is 0 Å². The maximum Gasteiger partial charge on any atom is 0.247 e. The van der Waals surface area contributed by atoms with E-state index < -0.39 is 6.04 Å². The summed E-state index contributed by atoms with van der Waals surface area (Å²) in [5, 5.41) is 6.00. The molecule has 4 nitrogen and oxygen atoms in total. The Labute approximate surface area is 144 Å². The molecular weight excluding hydrogens is 300 g/mol. The van der Waals surface area contributed by atoms with Crippen LogP contribution in [0.15, 0.2) is 18.2 Å². The maximum absolute atomic E-state index is 12.8. The van der Waals surface area contributed by atoms with E-state index in [1.807, 2.05) is 13.0 Å². The first-order valence-electron chi connectivity index (χ1n) is 9.31. The average Bonchev–Trinajstić information content (AvgIpc) is 2.97. The standard InChI is InChI=1S/C20H28N2O2/c1-3-13(2)18(22-19(23)15-7-5-8-15)20(24)21-17-11-10-14-6-4-9-16(14)12-17/h10-13,15,18H,3-9H2,1-2H3,(H,21,24)(H,22,23). The number of amides is 2. The van der Waals surface area contributed by atoms with Crippen molar-refractivity contribution >= 4 is 17.5 Å². The van der Waals surface area contributed by atoms with Crippen LogP contribution in [0.2, 0.25) is 0 Å². The SMILES string of the molecule is CCC(C)C(NC(=O)C1CCC1)C(=O)Nc1ccc2c(c1)CCC2. The van der Waals surface area contributed by atoms with Crippen molar-refractivity contribution in [3.8, 4) is 0 Å². The number of hydrogen-bond donors (Lipinski definition) is 2. The molecule has 1 saturated carbocycles. The maximum atomic E-state index is 12.8. The summed E-state index contributed by atoms with van der Waals surface area (Å²) in [7, 11) is 0. The number of rotatable bonds is 6. The molecule has 0 spiro atoms. The van der Waals surface area contributed by atoms with Crippen LogP contribution in [0.4, 0.5) is 5.69 Å². The van der Waals surface area contributed by atoms with Crippen molar-refractivity contribution < 1.29 is 9.59 Å². The predicted molar refractivity (Wildman–Crippen MR) is 95.8 cm³/mol. The molecule has 0 radical (unpaired) electrons. The Balaban J connectivity index is 1.67. The number of fused-ring (bicyclic) bond motifs is 1. The number of benzene rings is 1. The number of carbonyl (C=O) groups excluding carboxylic acids is 2. The number of carbonyl (C=O) groups is 2. The van der Waals surface area contributed by atoms with Gasteiger partial charge in [0.05, 0.1) is 0 Å². The Bertz CT molecular complexity index is 622. The van der Waals surface area contributed by atoms with Crippen molar-refractivity contribution in [1.29, 1.82) is 0 Å². The summed E-state index contributed by atoms with van der Waals surface area (Å²) in [5.41, 5.74) is 3.57. The molecule has 2 N–H and O–H groups in total. The first kappa shape index (κ1) is 17.0. The molecule has 2 atom stereocenters. The normalized spacial score (nSPS) is 19.1. The van der Waals surface area contributed by atoms with Gasteiger partial charge >= 0.3 is 0 Å². The highest BCUT2D eigenvalue weighted by Gasteiger charge is 2.31. The van der Waals surface area contributed by atoms with E-state index in [1.54, 1.807) is 0 Å². The second-order valence-corrected chi connectivity index (χ2v) is 7.33. The molecular formula is C20H28N2O2. The minimum Gasteiger partial charge on any atom is -0.344 e. The zero-order chi connectivity index (χ0) is 17.1. The lowest BCUT2D eigenvalue weighted by molar-refractivity contribution is -0.132. The number of hydrogen-bond acceptors (Lipinski definition) is 2. The van der Waals surface area contributed by atoms with Crippen LogP contribution in [-0.2, 0) is 22.4 Å². The van der Waals surface area contributed by atoms with Gasteiger partial charge in [-0.3, -0.25) is 9.59 Å². The van der Waals surface area contributed by atoms with Crippen molar-refractivity contribution in [2.45, 2.75) is 64.8 Å². The highest BCUT2D eigenvalue weighted by atomic mass is 16.2. The van der Waals surface area contributed by atoms with Crippen LogP contribution in [0.1, 0.15) is 57.1 Å². The van der Waals surface area contributed by atoms with Crippen molar-refractivity contribution in [3.63, 3.8) is 0 Å². The molecule has 2 aliphatic carbocycles. The molecule has 0 aromatic heterocycles. The van der Waals surface area contributed by atoms with Crippen molar-refractivity contribution in [3.05, 3.63) is 29.3 Å². The Hall–Kier alpha value is -1.84. The van der Waals surface area contributed by atoms with Gasteiger partial charge in [0.25, 0.3) is 0 Å². The van der Waals surface area contributed by atoms with Crippen molar-refractivity contribution in [2.24, 2.45) is 11.8 Å². The number of nitrogens with one attached hydrogen (secondary N) is 2. The number of anilines is 1. The summed E-state index contributed by atoms with van der Waals surface area (Å²) in [5.74, 6) is 0.151. The Kier molecular flexibility index (Phi) is 5.22. The third kappa shape index (κ3) is 3.63. The zero-order valence-corrected chi connectivity index (χ0v) is 14.7. The van der Waals surface area contributed by atoms with Crippen LogP contribution in [0.5, 0.6) is 0 Å². The lowest BCUT2D eigenvalue weighted by atomic mass is 9.84. The first-order valence-corrected chi connectivity index (χ1v) is 9.31. The van der Waals surface area contributed by atoms with Crippen molar-refractivity contribution in [2.75, 3.05) is 5.32 Å². The van der Waals surface area contributed by atoms with Crippen molar-refractivity contribution in [1.82, 2.24) is 5.32 Å². The smallest absolute Gasteiger partial charge is 0.247 e. The summed E-state index contributed by atoms with van der Waals surface area (Å²) in [4.78, 5) is 25.0. The highest BCUT2D eigenvalue weighted by Crippen LogP contribution is 2.27. The van der Waals surface area contributed by atoms with Gasteiger partial charge in [0, 0.05) is 11.6 Å². The monoisotopic (exact) mass is 328 g/mol. The molecule has 1 aromatic carbocycles. The molecule has 4 heteroatoms. The summed E-state index contributed by atoms with van der Waals surface area (Å²) >= 11 is 0. The van der Waals surface area contributed by atoms with Crippen LogP contribution in [0, 0.1) is 11.8 Å². The van der Waals surface area contributed by atoms with E-state index in [4.69, 9.17) is 0 Å². The first-order chi connectivity index (χ1) is 11.6. The van der Waals surface area contributed by atoms with E-state index >= 15 is 0 Å². The summed E-state index contributed by atoms with van der Waals surface area (Å²) in [6, 6.07) is 5.71. The van der Waals surface area contributed by atoms with Gasteiger partial charge in [-0.1, -0.05) is 32.8 Å². The minimum absolute atomic E-state index is 0.0376. The van der Waals surface area contributed by atoms with Gasteiger partial charge in [-0.2, -0.15) is 0 Å². The number of aryl methyl sites for hydroxylation is 2. The van der Waals surface area contributed by atoms with Crippen LogP contribution in [-0.4, -0.2) is 17.9 Å². The van der Waals surface area contributed by atoms with E-state index in [-0.39, 0.29) is 23.7 Å². The fraction of sp³-hybridized carbons (Fsp3) is 0.600. The van der Waals surface area contributed by atoms with Gasteiger partial charge in [0.1, 0.15) is 6.04 Å². The molecule has 0 heterocycles. The van der Waals surface area contributed by atoms with Crippen LogP contribution in [0.3, 0.4) is 0 Å². The van der Waals surface area contributed by atoms with E-state index in [2.05, 4.69) is 29.7 Å². The van der Waals surface area contributed by atoms with Gasteiger partial charge in [-0.15, -0.1) is 0 Å². The molecule has 1 fully saturated rings. The minimum atomic E-state index is -0.462. The van der Waals surface area contributed by atoms with E-state index in [1.165, 1.54) is 17.5 Å². The fourth-order valence-electron chi connectivity index (χ4n) is 3.51. The third-order valence-electron chi connectivity index (χ3n) is 5.64. The molecule has 0 saturated heterocycles. The van der Waals surface area contributed by atoms with Crippen LogP contribution in [0.25, 0.3) is 0 Å². The van der Waals surface area contributed by atoms with E-state index in [0.717, 1.165) is 44.2 Å². The second kappa shape index (κ2) is 7.37.